The highest BCUT2D eigenvalue weighted by Crippen LogP contribution is 2.16. The van der Waals surface area contributed by atoms with E-state index in [-0.39, 0.29) is 0 Å². The molecule has 1 aromatic heterocycles. The average molecular weight is 222 g/mol. The Balaban J connectivity index is 1.79. The molecule has 3 heteroatoms. The molecular weight excluding hydrogens is 200 g/mol. The van der Waals surface area contributed by atoms with Gasteiger partial charge in [-0.05, 0) is 38.4 Å². The van der Waals surface area contributed by atoms with Crippen molar-refractivity contribution in [1.82, 2.24) is 10.2 Å². The molecule has 0 saturated carbocycles. The van der Waals surface area contributed by atoms with Crippen molar-refractivity contribution in [3.8, 4) is 0 Å². The van der Waals surface area contributed by atoms with Crippen LogP contribution in [-0.4, -0.2) is 31.1 Å². The van der Waals surface area contributed by atoms with Crippen molar-refractivity contribution in [1.29, 1.82) is 0 Å². The van der Waals surface area contributed by atoms with Gasteiger partial charge in [0.05, 0.1) is 12.5 Å². The molecule has 0 aromatic carbocycles. The largest absolute Gasteiger partial charge is 0.472 e. The van der Waals surface area contributed by atoms with Crippen LogP contribution in [0.1, 0.15) is 25.3 Å². The first-order chi connectivity index (χ1) is 7.75. The second-order valence-corrected chi connectivity index (χ2v) is 5.01. The van der Waals surface area contributed by atoms with Gasteiger partial charge in [0.25, 0.3) is 0 Å². The zero-order valence-corrected chi connectivity index (χ0v) is 10.3. The van der Waals surface area contributed by atoms with Crippen LogP contribution in [0.15, 0.2) is 23.0 Å². The third-order valence-corrected chi connectivity index (χ3v) is 3.47. The average Bonchev–Trinajstić information content (AvgIpc) is 2.74. The molecule has 2 rings (SSSR count). The number of piperidine rings is 1. The van der Waals surface area contributed by atoms with E-state index in [1.807, 2.05) is 12.3 Å². The van der Waals surface area contributed by atoms with E-state index >= 15 is 0 Å². The van der Waals surface area contributed by atoms with E-state index in [0.717, 1.165) is 19.0 Å². The highest BCUT2D eigenvalue weighted by atomic mass is 16.3. The summed E-state index contributed by atoms with van der Waals surface area (Å²) in [6.45, 7) is 5.62. The molecule has 90 valence electrons. The van der Waals surface area contributed by atoms with Crippen LogP contribution in [0.5, 0.6) is 0 Å². The fourth-order valence-electron chi connectivity index (χ4n) is 2.45. The molecule has 1 aliphatic heterocycles. The molecule has 0 bridgehead atoms. The molecule has 2 atom stereocenters. The number of nitrogens with one attached hydrogen (secondary N) is 1. The van der Waals surface area contributed by atoms with Gasteiger partial charge in [-0.3, -0.25) is 0 Å². The molecule has 0 spiro atoms. The van der Waals surface area contributed by atoms with Crippen LogP contribution in [0.2, 0.25) is 0 Å². The fraction of sp³-hybridized carbons (Fsp3) is 0.692. The first-order valence-electron chi connectivity index (χ1n) is 6.18. The van der Waals surface area contributed by atoms with Crippen LogP contribution in [0, 0.1) is 5.92 Å². The van der Waals surface area contributed by atoms with Crippen LogP contribution in [0.3, 0.4) is 0 Å². The Labute approximate surface area is 97.8 Å². The summed E-state index contributed by atoms with van der Waals surface area (Å²) in [5.74, 6) is 0.792. The van der Waals surface area contributed by atoms with E-state index in [4.69, 9.17) is 4.42 Å². The minimum absolute atomic E-state index is 0.644. The quantitative estimate of drug-likeness (QED) is 0.845. The monoisotopic (exact) mass is 222 g/mol. The fourth-order valence-corrected chi connectivity index (χ4v) is 2.45. The molecule has 0 aliphatic carbocycles. The van der Waals surface area contributed by atoms with Crippen molar-refractivity contribution in [3.63, 3.8) is 0 Å². The summed E-state index contributed by atoms with van der Waals surface area (Å²) in [6.07, 6.45) is 6.25. The zero-order chi connectivity index (χ0) is 11.4. The Morgan fingerprint density at radius 3 is 3.12 bits per heavy atom. The Morgan fingerprint density at radius 1 is 1.56 bits per heavy atom. The molecule has 1 saturated heterocycles. The summed E-state index contributed by atoms with van der Waals surface area (Å²) in [5.41, 5.74) is 1.26. The first-order valence-corrected chi connectivity index (χ1v) is 6.18. The lowest BCUT2D eigenvalue weighted by atomic mass is 9.92. The number of hydrogen-bond donors (Lipinski definition) is 1. The number of hydrogen-bond acceptors (Lipinski definition) is 3. The number of furan rings is 1. The summed E-state index contributed by atoms with van der Waals surface area (Å²) in [6, 6.07) is 2.68. The van der Waals surface area contributed by atoms with Gasteiger partial charge in [0, 0.05) is 24.7 Å². The summed E-state index contributed by atoms with van der Waals surface area (Å²) in [4.78, 5) is 2.37. The molecule has 0 amide bonds. The van der Waals surface area contributed by atoms with Crippen LogP contribution < -0.4 is 5.32 Å². The van der Waals surface area contributed by atoms with Gasteiger partial charge in [0.15, 0.2) is 0 Å². The van der Waals surface area contributed by atoms with Crippen LogP contribution in [0.25, 0.3) is 0 Å². The highest BCUT2D eigenvalue weighted by Gasteiger charge is 2.21. The number of nitrogens with zero attached hydrogens (tertiary/aromatic N) is 1. The normalized spacial score (nSPS) is 26.2. The van der Waals surface area contributed by atoms with Gasteiger partial charge in [-0.25, -0.2) is 0 Å². The predicted octanol–water partition coefficient (Wildman–Crippen LogP) is 2.10. The summed E-state index contributed by atoms with van der Waals surface area (Å²) in [5, 5.41) is 3.61. The van der Waals surface area contributed by atoms with Crippen molar-refractivity contribution in [2.75, 3.05) is 20.1 Å². The van der Waals surface area contributed by atoms with Gasteiger partial charge >= 0.3 is 0 Å². The lowest BCUT2D eigenvalue weighted by Gasteiger charge is -2.33. The minimum atomic E-state index is 0.644. The Kier molecular flexibility index (Phi) is 4.02. The number of rotatable bonds is 4. The van der Waals surface area contributed by atoms with E-state index in [1.54, 1.807) is 6.26 Å². The van der Waals surface area contributed by atoms with Crippen molar-refractivity contribution in [3.05, 3.63) is 24.2 Å². The van der Waals surface area contributed by atoms with Gasteiger partial charge in [-0.15, -0.1) is 0 Å². The second-order valence-electron chi connectivity index (χ2n) is 5.01. The van der Waals surface area contributed by atoms with Crippen molar-refractivity contribution < 1.29 is 4.42 Å². The smallest absolute Gasteiger partial charge is 0.0947 e. The number of likely N-dealkylation sites (N-methyl/N-ethyl adjacent to an activating group) is 1. The van der Waals surface area contributed by atoms with E-state index in [9.17, 15) is 0 Å². The lowest BCUT2D eigenvalue weighted by Crippen LogP contribution is -2.46. The third-order valence-electron chi connectivity index (χ3n) is 3.47. The van der Waals surface area contributed by atoms with Gasteiger partial charge < -0.3 is 14.6 Å². The maximum absolute atomic E-state index is 5.08. The van der Waals surface area contributed by atoms with E-state index < -0.39 is 0 Å². The summed E-state index contributed by atoms with van der Waals surface area (Å²) >= 11 is 0. The third kappa shape index (κ3) is 3.09. The molecule has 3 nitrogen and oxygen atoms in total. The molecular formula is C13H22N2O. The molecule has 1 fully saturated rings. The molecule has 1 N–H and O–H groups in total. The summed E-state index contributed by atoms with van der Waals surface area (Å²) in [7, 11) is 2.18. The van der Waals surface area contributed by atoms with Crippen LogP contribution in [-0.2, 0) is 6.54 Å². The molecule has 1 aliphatic rings. The summed E-state index contributed by atoms with van der Waals surface area (Å²) < 4.78 is 5.08. The van der Waals surface area contributed by atoms with Crippen molar-refractivity contribution in [2.45, 2.75) is 32.4 Å². The van der Waals surface area contributed by atoms with Gasteiger partial charge in [-0.1, -0.05) is 6.92 Å². The second kappa shape index (κ2) is 5.51. The SMILES string of the molecule is CC1CCCNC1CN(C)Cc1ccoc1. The predicted molar refractivity (Wildman–Crippen MR) is 65.2 cm³/mol. The van der Waals surface area contributed by atoms with E-state index in [1.165, 1.54) is 24.9 Å². The van der Waals surface area contributed by atoms with Gasteiger partial charge in [0.1, 0.15) is 0 Å². The minimum Gasteiger partial charge on any atom is -0.472 e. The maximum atomic E-state index is 5.08. The van der Waals surface area contributed by atoms with Crippen LogP contribution >= 0.6 is 0 Å². The molecule has 16 heavy (non-hydrogen) atoms. The van der Waals surface area contributed by atoms with Crippen molar-refractivity contribution >= 4 is 0 Å². The Morgan fingerprint density at radius 2 is 2.44 bits per heavy atom. The maximum Gasteiger partial charge on any atom is 0.0947 e. The van der Waals surface area contributed by atoms with E-state index in [2.05, 4.69) is 24.2 Å². The zero-order valence-electron chi connectivity index (χ0n) is 10.3. The molecule has 2 heterocycles. The van der Waals surface area contributed by atoms with Gasteiger partial charge in [0.2, 0.25) is 0 Å². The van der Waals surface area contributed by atoms with Crippen molar-refractivity contribution in [2.24, 2.45) is 5.92 Å². The molecule has 2 unspecified atom stereocenters. The molecule has 1 aromatic rings. The highest BCUT2D eigenvalue weighted by molar-refractivity contribution is 5.04. The topological polar surface area (TPSA) is 28.4 Å². The lowest BCUT2D eigenvalue weighted by molar-refractivity contribution is 0.211. The molecule has 0 radical (unpaired) electrons. The first kappa shape index (κ1) is 11.7. The van der Waals surface area contributed by atoms with E-state index in [0.29, 0.717) is 6.04 Å². The van der Waals surface area contributed by atoms with Crippen LogP contribution in [0.4, 0.5) is 0 Å². The Bertz CT molecular complexity index is 297. The Hall–Kier alpha value is -0.800. The van der Waals surface area contributed by atoms with Gasteiger partial charge in [-0.2, -0.15) is 0 Å². The standard InChI is InChI=1S/C13H22N2O/c1-11-4-3-6-14-13(11)9-15(2)8-12-5-7-16-10-12/h5,7,10-11,13-14H,3-4,6,8-9H2,1-2H3.